The van der Waals surface area contributed by atoms with Crippen molar-refractivity contribution in [3.05, 3.63) is 33.8 Å². The van der Waals surface area contributed by atoms with Crippen LogP contribution in [0, 0.1) is 0 Å². The minimum absolute atomic E-state index is 0.00120. The molecule has 0 aromatic heterocycles. The maximum Gasteiger partial charge on any atom is 0.130 e. The van der Waals surface area contributed by atoms with E-state index in [0.29, 0.717) is 23.0 Å². The van der Waals surface area contributed by atoms with Crippen molar-refractivity contribution >= 4 is 29.0 Å². The molecule has 1 aromatic carbocycles. The van der Waals surface area contributed by atoms with Crippen molar-refractivity contribution in [2.45, 2.75) is 19.3 Å². The fourth-order valence-electron chi connectivity index (χ4n) is 1.50. The first-order valence-corrected chi connectivity index (χ1v) is 5.44. The lowest BCUT2D eigenvalue weighted by Gasteiger charge is -2.14. The van der Waals surface area contributed by atoms with Crippen molar-refractivity contribution < 1.29 is 4.79 Å². The number of hydrogen-bond donors (Lipinski definition) is 1. The molecule has 0 amide bonds. The summed E-state index contributed by atoms with van der Waals surface area (Å²) in [7, 11) is 0. The molecular formula is C11H13Cl2NO. The average molecular weight is 246 g/mol. The van der Waals surface area contributed by atoms with Gasteiger partial charge in [-0.25, -0.2) is 0 Å². The molecule has 1 rings (SSSR count). The molecule has 0 radical (unpaired) electrons. The zero-order chi connectivity index (χ0) is 11.4. The summed E-state index contributed by atoms with van der Waals surface area (Å²) in [4.78, 5) is 11.0. The first kappa shape index (κ1) is 12.5. The maximum atomic E-state index is 11.0. The van der Waals surface area contributed by atoms with Crippen LogP contribution < -0.4 is 5.73 Å². The fourth-order valence-corrected chi connectivity index (χ4v) is 2.04. The van der Waals surface area contributed by atoms with E-state index in [9.17, 15) is 4.79 Å². The highest BCUT2D eigenvalue weighted by Crippen LogP contribution is 2.26. The Morgan fingerprint density at radius 1 is 1.33 bits per heavy atom. The van der Waals surface area contributed by atoms with Gasteiger partial charge in [-0.1, -0.05) is 23.2 Å². The van der Waals surface area contributed by atoms with E-state index in [2.05, 4.69) is 0 Å². The molecule has 4 heteroatoms. The Kier molecular flexibility index (Phi) is 4.58. The van der Waals surface area contributed by atoms with Gasteiger partial charge >= 0.3 is 0 Å². The molecule has 2 nitrogen and oxygen atoms in total. The van der Waals surface area contributed by atoms with Gasteiger partial charge in [-0.15, -0.1) is 0 Å². The molecule has 0 unspecified atom stereocenters. The Bertz CT molecular complexity index is 345. The molecule has 0 bridgehead atoms. The predicted molar refractivity (Wildman–Crippen MR) is 63.6 cm³/mol. The molecule has 0 aliphatic rings. The third kappa shape index (κ3) is 3.82. The highest BCUT2D eigenvalue weighted by molar-refractivity contribution is 6.34. The lowest BCUT2D eigenvalue weighted by molar-refractivity contribution is -0.117. The number of hydrogen-bond acceptors (Lipinski definition) is 2. The van der Waals surface area contributed by atoms with Crippen molar-refractivity contribution in [3.63, 3.8) is 0 Å². The minimum Gasteiger partial charge on any atom is -0.330 e. The van der Waals surface area contributed by atoms with Crippen LogP contribution in [0.5, 0.6) is 0 Å². The van der Waals surface area contributed by atoms with Crippen LogP contribution in [0.15, 0.2) is 18.2 Å². The highest BCUT2D eigenvalue weighted by Gasteiger charge is 2.13. The van der Waals surface area contributed by atoms with E-state index < -0.39 is 0 Å². The molecule has 0 aliphatic heterocycles. The number of carbonyl (C=O) groups excluding carboxylic acids is 1. The molecule has 0 aliphatic carbocycles. The average Bonchev–Trinajstić information content (AvgIpc) is 2.12. The van der Waals surface area contributed by atoms with Gasteiger partial charge in [0.2, 0.25) is 0 Å². The quantitative estimate of drug-likeness (QED) is 0.887. The number of Topliss-reactive ketones (excluding diaryl/α,β-unsaturated/α-hetero) is 1. The fraction of sp³-hybridized carbons (Fsp3) is 0.364. The molecule has 82 valence electrons. The van der Waals surface area contributed by atoms with Gasteiger partial charge in [0.1, 0.15) is 5.78 Å². The number of halogens is 2. The Labute approximate surface area is 99.4 Å². The largest absolute Gasteiger partial charge is 0.330 e. The monoisotopic (exact) mass is 245 g/mol. The van der Waals surface area contributed by atoms with Crippen LogP contribution in [0.25, 0.3) is 0 Å². The van der Waals surface area contributed by atoms with E-state index in [4.69, 9.17) is 28.9 Å². The molecule has 1 atom stereocenters. The minimum atomic E-state index is -0.00120. The standard InChI is InChI=1S/C11H13Cl2NO/c1-7(15)2-9(6-14)8-3-10(12)5-11(13)4-8/h3-5,9H,2,6,14H2,1H3/t9-/m0/s1. The second kappa shape index (κ2) is 5.50. The summed E-state index contributed by atoms with van der Waals surface area (Å²) in [5, 5.41) is 1.14. The first-order valence-electron chi connectivity index (χ1n) is 4.68. The van der Waals surface area contributed by atoms with Crippen molar-refractivity contribution in [1.82, 2.24) is 0 Å². The van der Waals surface area contributed by atoms with E-state index in [-0.39, 0.29) is 11.7 Å². The zero-order valence-electron chi connectivity index (χ0n) is 8.47. The van der Waals surface area contributed by atoms with Crippen LogP contribution in [0.2, 0.25) is 10.0 Å². The number of benzene rings is 1. The van der Waals surface area contributed by atoms with Crippen LogP contribution in [0.3, 0.4) is 0 Å². The van der Waals surface area contributed by atoms with Crippen LogP contribution in [-0.4, -0.2) is 12.3 Å². The van der Waals surface area contributed by atoms with Gasteiger partial charge in [-0.3, -0.25) is 0 Å². The van der Waals surface area contributed by atoms with Crippen LogP contribution >= 0.6 is 23.2 Å². The second-order valence-corrected chi connectivity index (χ2v) is 4.41. The first-order chi connectivity index (χ1) is 7.02. The predicted octanol–water partition coefficient (Wildman–Crippen LogP) is 3.01. The summed E-state index contributed by atoms with van der Waals surface area (Å²) < 4.78 is 0. The molecule has 1 aromatic rings. The van der Waals surface area contributed by atoms with Crippen LogP contribution in [0.4, 0.5) is 0 Å². The Balaban J connectivity index is 2.95. The summed E-state index contributed by atoms with van der Waals surface area (Å²) in [5.41, 5.74) is 6.54. The third-order valence-electron chi connectivity index (χ3n) is 2.17. The summed E-state index contributed by atoms with van der Waals surface area (Å²) in [6.45, 7) is 1.96. The molecule has 2 N–H and O–H groups in total. The van der Waals surface area contributed by atoms with E-state index in [0.717, 1.165) is 5.56 Å². The van der Waals surface area contributed by atoms with Crippen LogP contribution in [0.1, 0.15) is 24.8 Å². The van der Waals surface area contributed by atoms with E-state index in [1.54, 1.807) is 25.1 Å². The van der Waals surface area contributed by atoms with E-state index >= 15 is 0 Å². The number of carbonyl (C=O) groups is 1. The molecular weight excluding hydrogens is 233 g/mol. The highest BCUT2D eigenvalue weighted by atomic mass is 35.5. The summed E-state index contributed by atoms with van der Waals surface area (Å²) in [5.74, 6) is 0.111. The maximum absolute atomic E-state index is 11.0. The van der Waals surface area contributed by atoms with Gasteiger partial charge < -0.3 is 10.5 Å². The van der Waals surface area contributed by atoms with Crippen LogP contribution in [-0.2, 0) is 4.79 Å². The smallest absolute Gasteiger partial charge is 0.130 e. The van der Waals surface area contributed by atoms with E-state index in [1.165, 1.54) is 0 Å². The second-order valence-electron chi connectivity index (χ2n) is 3.54. The van der Waals surface area contributed by atoms with Gasteiger partial charge in [-0.2, -0.15) is 0 Å². The molecule has 0 fully saturated rings. The Hall–Kier alpha value is -0.570. The summed E-state index contributed by atoms with van der Waals surface area (Å²) >= 11 is 11.8. The van der Waals surface area contributed by atoms with Crippen molar-refractivity contribution in [1.29, 1.82) is 0 Å². The molecule has 0 heterocycles. The van der Waals surface area contributed by atoms with Crippen molar-refractivity contribution in [2.75, 3.05) is 6.54 Å². The Morgan fingerprint density at radius 3 is 2.27 bits per heavy atom. The van der Waals surface area contributed by atoms with Gasteiger partial charge in [0.15, 0.2) is 0 Å². The van der Waals surface area contributed by atoms with Crippen molar-refractivity contribution in [3.8, 4) is 0 Å². The molecule has 15 heavy (non-hydrogen) atoms. The topological polar surface area (TPSA) is 43.1 Å². The van der Waals surface area contributed by atoms with Crippen molar-refractivity contribution in [2.24, 2.45) is 5.73 Å². The Morgan fingerprint density at radius 2 is 1.87 bits per heavy atom. The molecule has 0 spiro atoms. The normalized spacial score (nSPS) is 12.5. The number of ketones is 1. The third-order valence-corrected chi connectivity index (χ3v) is 2.61. The zero-order valence-corrected chi connectivity index (χ0v) is 9.98. The summed E-state index contributed by atoms with van der Waals surface area (Å²) in [6.07, 6.45) is 0.424. The molecule has 0 saturated carbocycles. The lowest BCUT2D eigenvalue weighted by Crippen LogP contribution is -2.15. The lowest BCUT2D eigenvalue weighted by atomic mass is 9.94. The van der Waals surface area contributed by atoms with Gasteiger partial charge in [0.05, 0.1) is 0 Å². The number of nitrogens with two attached hydrogens (primary N) is 1. The van der Waals surface area contributed by atoms with Gasteiger partial charge in [0.25, 0.3) is 0 Å². The number of rotatable bonds is 4. The van der Waals surface area contributed by atoms with Gasteiger partial charge in [0, 0.05) is 22.4 Å². The molecule has 0 saturated heterocycles. The SMILES string of the molecule is CC(=O)C[C@@H](CN)c1cc(Cl)cc(Cl)c1. The van der Waals surface area contributed by atoms with E-state index in [1.807, 2.05) is 0 Å². The van der Waals surface area contributed by atoms with Gasteiger partial charge in [-0.05, 0) is 37.2 Å². The summed E-state index contributed by atoms with van der Waals surface area (Å²) in [6, 6.07) is 5.26.